The minimum Gasteiger partial charge on any atom is -0.419 e. The zero-order valence-electron chi connectivity index (χ0n) is 10.7. The molecule has 0 unspecified atom stereocenters. The molecule has 0 saturated heterocycles. The van der Waals surface area contributed by atoms with Crippen molar-refractivity contribution in [3.8, 4) is 11.5 Å². The van der Waals surface area contributed by atoms with Crippen molar-refractivity contribution in [2.24, 2.45) is 7.05 Å². The fourth-order valence-corrected chi connectivity index (χ4v) is 2.21. The Hall–Kier alpha value is -2.15. The number of benzene rings is 1. The molecular formula is C13H12BrN5O. The van der Waals surface area contributed by atoms with E-state index in [0.717, 1.165) is 15.7 Å². The minimum atomic E-state index is 0.461. The summed E-state index contributed by atoms with van der Waals surface area (Å²) in [5.74, 6) is 1.03. The molecule has 0 atom stereocenters. The van der Waals surface area contributed by atoms with Crippen molar-refractivity contribution in [3.63, 3.8) is 0 Å². The van der Waals surface area contributed by atoms with Gasteiger partial charge in [0.1, 0.15) is 0 Å². The SMILES string of the molecule is Cn1cc(NCc2nnc(-c3ccccc3Br)o2)cn1. The van der Waals surface area contributed by atoms with Crippen molar-refractivity contribution in [3.05, 3.63) is 47.0 Å². The van der Waals surface area contributed by atoms with Crippen molar-refractivity contribution in [2.45, 2.75) is 6.54 Å². The summed E-state index contributed by atoms with van der Waals surface area (Å²) in [6.45, 7) is 0.461. The van der Waals surface area contributed by atoms with Gasteiger partial charge in [-0.3, -0.25) is 4.68 Å². The zero-order valence-corrected chi connectivity index (χ0v) is 12.3. The average molecular weight is 334 g/mol. The molecule has 0 aliphatic carbocycles. The van der Waals surface area contributed by atoms with Gasteiger partial charge in [0.2, 0.25) is 11.8 Å². The number of halogens is 1. The first-order valence-corrected chi connectivity index (χ1v) is 6.81. The van der Waals surface area contributed by atoms with Crippen LogP contribution in [-0.4, -0.2) is 20.0 Å². The van der Waals surface area contributed by atoms with Crippen molar-refractivity contribution in [1.29, 1.82) is 0 Å². The molecule has 20 heavy (non-hydrogen) atoms. The fraction of sp³-hybridized carbons (Fsp3) is 0.154. The largest absolute Gasteiger partial charge is 0.419 e. The molecule has 0 amide bonds. The van der Waals surface area contributed by atoms with E-state index >= 15 is 0 Å². The summed E-state index contributed by atoms with van der Waals surface area (Å²) < 4.78 is 8.29. The molecule has 3 aromatic rings. The van der Waals surface area contributed by atoms with E-state index in [9.17, 15) is 0 Å². The van der Waals surface area contributed by atoms with Crippen LogP contribution in [0.15, 0.2) is 45.5 Å². The lowest BCUT2D eigenvalue weighted by Crippen LogP contribution is -1.98. The molecule has 0 aliphatic heterocycles. The number of nitrogens with zero attached hydrogens (tertiary/aromatic N) is 4. The molecule has 2 heterocycles. The maximum atomic E-state index is 5.64. The van der Waals surface area contributed by atoms with Gasteiger partial charge in [-0.15, -0.1) is 10.2 Å². The van der Waals surface area contributed by atoms with Gasteiger partial charge in [0.25, 0.3) is 0 Å². The number of anilines is 1. The normalized spacial score (nSPS) is 10.7. The Balaban J connectivity index is 1.72. The maximum absolute atomic E-state index is 5.64. The van der Waals surface area contributed by atoms with Gasteiger partial charge in [0, 0.05) is 17.7 Å². The zero-order chi connectivity index (χ0) is 13.9. The summed E-state index contributed by atoms with van der Waals surface area (Å²) >= 11 is 3.47. The van der Waals surface area contributed by atoms with Crippen LogP contribution in [0.4, 0.5) is 5.69 Å². The van der Waals surface area contributed by atoms with E-state index in [1.807, 2.05) is 37.5 Å². The first-order chi connectivity index (χ1) is 9.72. The van der Waals surface area contributed by atoms with Crippen LogP contribution in [0, 0.1) is 0 Å². The molecule has 1 N–H and O–H groups in total. The minimum absolute atomic E-state index is 0.461. The van der Waals surface area contributed by atoms with E-state index in [0.29, 0.717) is 18.3 Å². The molecule has 0 spiro atoms. The molecule has 0 saturated carbocycles. The molecule has 6 nitrogen and oxygen atoms in total. The standard InChI is InChI=1S/C13H12BrN5O/c1-19-8-9(6-16-19)15-7-12-17-18-13(20-12)10-4-2-3-5-11(10)14/h2-6,8,15H,7H2,1H3. The number of aromatic nitrogens is 4. The summed E-state index contributed by atoms with van der Waals surface area (Å²) in [5, 5.41) is 15.3. The third-order valence-corrected chi connectivity index (χ3v) is 3.41. The van der Waals surface area contributed by atoms with Gasteiger partial charge >= 0.3 is 0 Å². The Labute approximate surface area is 124 Å². The maximum Gasteiger partial charge on any atom is 0.248 e. The number of hydrogen-bond acceptors (Lipinski definition) is 5. The lowest BCUT2D eigenvalue weighted by Gasteiger charge is -1.99. The number of hydrogen-bond donors (Lipinski definition) is 1. The molecule has 2 aromatic heterocycles. The van der Waals surface area contributed by atoms with Crippen LogP contribution >= 0.6 is 15.9 Å². The van der Waals surface area contributed by atoms with Crippen LogP contribution in [0.3, 0.4) is 0 Å². The van der Waals surface area contributed by atoms with Gasteiger partial charge < -0.3 is 9.73 Å². The summed E-state index contributed by atoms with van der Waals surface area (Å²) in [5.41, 5.74) is 1.79. The number of aryl methyl sites for hydroxylation is 1. The van der Waals surface area contributed by atoms with Crippen molar-refractivity contribution >= 4 is 21.6 Å². The monoisotopic (exact) mass is 333 g/mol. The van der Waals surface area contributed by atoms with Gasteiger partial charge in [-0.2, -0.15) is 5.10 Å². The van der Waals surface area contributed by atoms with E-state index < -0.39 is 0 Å². The van der Waals surface area contributed by atoms with Crippen LogP contribution in [0.5, 0.6) is 0 Å². The Morgan fingerprint density at radius 1 is 1.30 bits per heavy atom. The topological polar surface area (TPSA) is 68.8 Å². The van der Waals surface area contributed by atoms with E-state index in [-0.39, 0.29) is 0 Å². The molecular weight excluding hydrogens is 322 g/mol. The van der Waals surface area contributed by atoms with Crippen molar-refractivity contribution in [2.75, 3.05) is 5.32 Å². The van der Waals surface area contributed by atoms with Crippen LogP contribution in [0.2, 0.25) is 0 Å². The molecule has 102 valence electrons. The van der Waals surface area contributed by atoms with Gasteiger partial charge in [-0.05, 0) is 28.1 Å². The van der Waals surface area contributed by atoms with Gasteiger partial charge in [0.15, 0.2) is 0 Å². The fourth-order valence-electron chi connectivity index (χ4n) is 1.76. The number of nitrogens with one attached hydrogen (secondary N) is 1. The highest BCUT2D eigenvalue weighted by Gasteiger charge is 2.11. The molecule has 0 bridgehead atoms. The summed E-state index contributed by atoms with van der Waals surface area (Å²) in [4.78, 5) is 0. The summed E-state index contributed by atoms with van der Waals surface area (Å²) in [7, 11) is 1.86. The van der Waals surface area contributed by atoms with Gasteiger partial charge in [-0.25, -0.2) is 0 Å². The molecule has 1 aromatic carbocycles. The molecule has 3 rings (SSSR count). The predicted octanol–water partition coefficient (Wildman–Crippen LogP) is 2.84. The third kappa shape index (κ3) is 2.72. The Bertz CT molecular complexity index is 721. The van der Waals surface area contributed by atoms with E-state index in [2.05, 4.69) is 36.5 Å². The highest BCUT2D eigenvalue weighted by Crippen LogP contribution is 2.26. The van der Waals surface area contributed by atoms with E-state index in [4.69, 9.17) is 4.42 Å². The first kappa shape index (κ1) is 12.9. The van der Waals surface area contributed by atoms with Crippen molar-refractivity contribution in [1.82, 2.24) is 20.0 Å². The van der Waals surface area contributed by atoms with Crippen LogP contribution < -0.4 is 5.32 Å². The van der Waals surface area contributed by atoms with Crippen LogP contribution in [-0.2, 0) is 13.6 Å². The second-order valence-corrected chi connectivity index (χ2v) is 5.09. The Kier molecular flexibility index (Phi) is 3.51. The molecule has 0 radical (unpaired) electrons. The van der Waals surface area contributed by atoms with E-state index in [1.165, 1.54) is 0 Å². The summed E-state index contributed by atoms with van der Waals surface area (Å²) in [6.07, 6.45) is 3.62. The predicted molar refractivity (Wildman–Crippen MR) is 78.0 cm³/mol. The van der Waals surface area contributed by atoms with Gasteiger partial charge in [-0.1, -0.05) is 12.1 Å². The van der Waals surface area contributed by atoms with Crippen LogP contribution in [0.25, 0.3) is 11.5 Å². The molecule has 0 aliphatic rings. The van der Waals surface area contributed by atoms with Crippen molar-refractivity contribution < 1.29 is 4.42 Å². The third-order valence-electron chi connectivity index (χ3n) is 2.72. The number of rotatable bonds is 4. The smallest absolute Gasteiger partial charge is 0.248 e. The first-order valence-electron chi connectivity index (χ1n) is 6.02. The summed E-state index contributed by atoms with van der Waals surface area (Å²) in [6, 6.07) is 7.73. The lowest BCUT2D eigenvalue weighted by molar-refractivity contribution is 0.515. The Morgan fingerprint density at radius 2 is 2.15 bits per heavy atom. The lowest BCUT2D eigenvalue weighted by atomic mass is 10.2. The molecule has 7 heteroatoms. The molecule has 0 fully saturated rings. The quantitative estimate of drug-likeness (QED) is 0.795. The second-order valence-electron chi connectivity index (χ2n) is 4.24. The highest BCUT2D eigenvalue weighted by molar-refractivity contribution is 9.10. The second kappa shape index (κ2) is 5.46. The van der Waals surface area contributed by atoms with E-state index in [1.54, 1.807) is 10.9 Å². The highest BCUT2D eigenvalue weighted by atomic mass is 79.9. The van der Waals surface area contributed by atoms with Crippen LogP contribution in [0.1, 0.15) is 5.89 Å². The Morgan fingerprint density at radius 3 is 2.90 bits per heavy atom. The average Bonchev–Trinajstić information content (AvgIpc) is 3.06. The van der Waals surface area contributed by atoms with Gasteiger partial charge in [0.05, 0.1) is 24.0 Å².